The molecular formula is C17H16BrN3O4S. The molecule has 0 aliphatic carbocycles. The summed E-state index contributed by atoms with van der Waals surface area (Å²) in [5.74, 6) is 1.13. The topological polar surface area (TPSA) is 94.3 Å². The van der Waals surface area contributed by atoms with Crippen molar-refractivity contribution >= 4 is 26.0 Å². The zero-order valence-electron chi connectivity index (χ0n) is 14.1. The Morgan fingerprint density at radius 1 is 1.19 bits per heavy atom. The summed E-state index contributed by atoms with van der Waals surface area (Å²) in [5.41, 5.74) is 1.92. The summed E-state index contributed by atoms with van der Waals surface area (Å²) in [6, 6.07) is 12.1. The van der Waals surface area contributed by atoms with E-state index in [1.54, 1.807) is 6.07 Å². The highest BCUT2D eigenvalue weighted by atomic mass is 79.9. The average Bonchev–Trinajstić information content (AvgIpc) is 3.10. The van der Waals surface area contributed by atoms with E-state index in [1.165, 1.54) is 19.2 Å². The second-order valence-corrected chi connectivity index (χ2v) is 8.12. The first kappa shape index (κ1) is 18.6. The molecule has 0 radical (unpaired) electrons. The molecule has 0 fully saturated rings. The molecule has 0 atom stereocenters. The molecule has 0 aliphatic rings. The molecule has 1 N–H and O–H groups in total. The van der Waals surface area contributed by atoms with Gasteiger partial charge in [0.1, 0.15) is 5.75 Å². The van der Waals surface area contributed by atoms with Crippen LogP contribution in [0.1, 0.15) is 11.5 Å². The smallest absolute Gasteiger partial charge is 0.242 e. The summed E-state index contributed by atoms with van der Waals surface area (Å²) < 4.78 is 38.0. The quantitative estimate of drug-likeness (QED) is 0.635. The van der Waals surface area contributed by atoms with E-state index in [0.29, 0.717) is 16.0 Å². The summed E-state index contributed by atoms with van der Waals surface area (Å²) in [7, 11) is -2.22. The molecule has 0 saturated carbocycles. The summed E-state index contributed by atoms with van der Waals surface area (Å²) in [6.45, 7) is 1.88. The molecule has 136 valence electrons. The second-order valence-electron chi connectivity index (χ2n) is 5.50. The molecule has 7 nitrogen and oxygen atoms in total. The van der Waals surface area contributed by atoms with E-state index in [1.807, 2.05) is 31.2 Å². The number of hydrogen-bond acceptors (Lipinski definition) is 6. The Kier molecular flexibility index (Phi) is 5.40. The van der Waals surface area contributed by atoms with Gasteiger partial charge in [0, 0.05) is 5.56 Å². The van der Waals surface area contributed by atoms with Crippen LogP contribution in [-0.2, 0) is 16.6 Å². The van der Waals surface area contributed by atoms with Gasteiger partial charge in [0.2, 0.25) is 21.7 Å². The van der Waals surface area contributed by atoms with Crippen molar-refractivity contribution in [2.75, 3.05) is 7.11 Å². The van der Waals surface area contributed by atoms with Crippen LogP contribution in [0.25, 0.3) is 11.4 Å². The molecule has 0 unspecified atom stereocenters. The molecule has 0 saturated heterocycles. The van der Waals surface area contributed by atoms with E-state index in [9.17, 15) is 8.42 Å². The minimum Gasteiger partial charge on any atom is -0.496 e. The maximum absolute atomic E-state index is 12.4. The Bertz CT molecular complexity index is 1020. The summed E-state index contributed by atoms with van der Waals surface area (Å²) >= 11 is 3.27. The number of benzene rings is 2. The second kappa shape index (κ2) is 7.56. The van der Waals surface area contributed by atoms with Crippen LogP contribution in [0.2, 0.25) is 0 Å². The van der Waals surface area contributed by atoms with Crippen molar-refractivity contribution in [3.8, 4) is 17.1 Å². The van der Waals surface area contributed by atoms with Crippen molar-refractivity contribution in [2.45, 2.75) is 18.4 Å². The normalized spacial score (nSPS) is 11.5. The molecule has 3 rings (SSSR count). The SMILES string of the molecule is COc1ccc(S(=O)(=O)NCc2nc(-c3ccc(C)cc3)no2)cc1Br. The summed E-state index contributed by atoms with van der Waals surface area (Å²) in [4.78, 5) is 4.32. The van der Waals surface area contributed by atoms with Crippen molar-refractivity contribution in [2.24, 2.45) is 0 Å². The van der Waals surface area contributed by atoms with Crippen LogP contribution in [0.15, 0.2) is 56.4 Å². The first-order chi connectivity index (χ1) is 12.4. The predicted molar refractivity (Wildman–Crippen MR) is 99.2 cm³/mol. The van der Waals surface area contributed by atoms with Gasteiger partial charge in [-0.2, -0.15) is 4.98 Å². The lowest BCUT2D eigenvalue weighted by Crippen LogP contribution is -2.23. The van der Waals surface area contributed by atoms with Crippen molar-refractivity contribution in [3.05, 3.63) is 58.4 Å². The molecule has 0 aliphatic heterocycles. The Labute approximate surface area is 159 Å². The summed E-state index contributed by atoms with van der Waals surface area (Å²) in [6.07, 6.45) is 0. The monoisotopic (exact) mass is 437 g/mol. The maximum atomic E-state index is 12.4. The molecule has 9 heteroatoms. The number of aromatic nitrogens is 2. The highest BCUT2D eigenvalue weighted by Gasteiger charge is 2.18. The van der Waals surface area contributed by atoms with Gasteiger partial charge in [0.15, 0.2) is 0 Å². The largest absolute Gasteiger partial charge is 0.496 e. The molecule has 0 amide bonds. The average molecular weight is 438 g/mol. The fraction of sp³-hybridized carbons (Fsp3) is 0.176. The van der Waals surface area contributed by atoms with Crippen LogP contribution in [0, 0.1) is 6.92 Å². The number of hydrogen-bond donors (Lipinski definition) is 1. The molecule has 3 aromatic rings. The van der Waals surface area contributed by atoms with Crippen molar-refractivity contribution in [3.63, 3.8) is 0 Å². The van der Waals surface area contributed by atoms with Gasteiger partial charge in [0.05, 0.1) is 23.0 Å². The van der Waals surface area contributed by atoms with E-state index in [2.05, 4.69) is 30.8 Å². The number of ether oxygens (including phenoxy) is 1. The number of sulfonamides is 1. The van der Waals surface area contributed by atoms with Gasteiger partial charge in [-0.25, -0.2) is 13.1 Å². The fourth-order valence-electron chi connectivity index (χ4n) is 2.20. The third-order valence-corrected chi connectivity index (χ3v) is 5.64. The standard InChI is InChI=1S/C17H16BrN3O4S/c1-11-3-5-12(6-4-11)17-20-16(25-21-17)10-19-26(22,23)13-7-8-15(24-2)14(18)9-13/h3-9,19H,10H2,1-2H3. The maximum Gasteiger partial charge on any atom is 0.242 e. The first-order valence-corrected chi connectivity index (χ1v) is 9.89. The number of halogens is 1. The minimum absolute atomic E-state index is 0.100. The van der Waals surface area contributed by atoms with Gasteiger partial charge in [0.25, 0.3) is 0 Å². The molecule has 1 heterocycles. The zero-order valence-corrected chi connectivity index (χ0v) is 16.5. The Balaban J connectivity index is 1.72. The van der Waals surface area contributed by atoms with Gasteiger partial charge in [-0.1, -0.05) is 35.0 Å². The number of aryl methyl sites for hydroxylation is 1. The minimum atomic E-state index is -3.73. The highest BCUT2D eigenvalue weighted by Crippen LogP contribution is 2.27. The molecule has 0 bridgehead atoms. The van der Waals surface area contributed by atoms with Crippen molar-refractivity contribution < 1.29 is 17.7 Å². The number of nitrogens with zero attached hydrogens (tertiary/aromatic N) is 2. The van der Waals surface area contributed by atoms with Crippen LogP contribution < -0.4 is 9.46 Å². The van der Waals surface area contributed by atoms with Crippen LogP contribution in [0.3, 0.4) is 0 Å². The van der Waals surface area contributed by atoms with Gasteiger partial charge in [-0.05, 0) is 41.1 Å². The lowest BCUT2D eigenvalue weighted by atomic mass is 10.1. The van der Waals surface area contributed by atoms with Crippen LogP contribution >= 0.6 is 15.9 Å². The van der Waals surface area contributed by atoms with Gasteiger partial charge in [-0.15, -0.1) is 0 Å². The summed E-state index contributed by atoms with van der Waals surface area (Å²) in [5, 5.41) is 3.88. The Hall–Kier alpha value is -2.23. The van der Waals surface area contributed by atoms with E-state index in [4.69, 9.17) is 9.26 Å². The van der Waals surface area contributed by atoms with Gasteiger partial charge >= 0.3 is 0 Å². The van der Waals surface area contributed by atoms with Gasteiger partial charge in [-0.3, -0.25) is 0 Å². The van der Waals surface area contributed by atoms with Crippen LogP contribution in [-0.4, -0.2) is 25.7 Å². The Morgan fingerprint density at radius 3 is 2.58 bits per heavy atom. The molecule has 26 heavy (non-hydrogen) atoms. The predicted octanol–water partition coefficient (Wildman–Crippen LogP) is 3.29. The third kappa shape index (κ3) is 4.12. The lowest BCUT2D eigenvalue weighted by molar-refractivity contribution is 0.376. The highest BCUT2D eigenvalue weighted by molar-refractivity contribution is 9.10. The first-order valence-electron chi connectivity index (χ1n) is 7.62. The van der Waals surface area contributed by atoms with E-state index < -0.39 is 10.0 Å². The van der Waals surface area contributed by atoms with E-state index >= 15 is 0 Å². The van der Waals surface area contributed by atoms with E-state index in [0.717, 1.165) is 11.1 Å². The molecule has 0 spiro atoms. The van der Waals surface area contributed by atoms with Crippen molar-refractivity contribution in [1.29, 1.82) is 0 Å². The number of nitrogens with one attached hydrogen (secondary N) is 1. The van der Waals surface area contributed by atoms with E-state index in [-0.39, 0.29) is 17.3 Å². The lowest BCUT2D eigenvalue weighted by Gasteiger charge is -2.07. The molecule has 1 aromatic heterocycles. The van der Waals surface area contributed by atoms with Gasteiger partial charge < -0.3 is 9.26 Å². The van der Waals surface area contributed by atoms with Crippen molar-refractivity contribution in [1.82, 2.24) is 14.9 Å². The third-order valence-electron chi connectivity index (χ3n) is 3.62. The zero-order chi connectivity index (χ0) is 18.7. The van der Waals surface area contributed by atoms with Crippen LogP contribution in [0.4, 0.5) is 0 Å². The fourth-order valence-corrected chi connectivity index (χ4v) is 3.89. The number of rotatable bonds is 6. The number of methoxy groups -OCH3 is 1. The Morgan fingerprint density at radius 2 is 1.92 bits per heavy atom. The van der Waals surface area contributed by atoms with Crippen LogP contribution in [0.5, 0.6) is 5.75 Å². The molecule has 2 aromatic carbocycles. The molecular weight excluding hydrogens is 422 g/mol.